The van der Waals surface area contributed by atoms with E-state index in [1.807, 2.05) is 31.2 Å². The van der Waals surface area contributed by atoms with Crippen LogP contribution >= 0.6 is 0 Å². The number of carbonyl (C=O) groups is 2. The Kier molecular flexibility index (Phi) is 5.37. The molecule has 0 aliphatic carbocycles. The Labute approximate surface area is 162 Å². The highest BCUT2D eigenvalue weighted by molar-refractivity contribution is 6.39. The first kappa shape index (κ1) is 19.4. The van der Waals surface area contributed by atoms with E-state index in [2.05, 4.69) is 10.6 Å². The molecular weight excluding hydrogens is 360 g/mol. The van der Waals surface area contributed by atoms with Gasteiger partial charge in [-0.2, -0.15) is 0 Å². The van der Waals surface area contributed by atoms with Crippen LogP contribution in [0, 0.1) is 6.92 Å². The summed E-state index contributed by atoms with van der Waals surface area (Å²) in [6.45, 7) is 3.18. The standard InChI is InChI=1S/C21H22N2O5/c1-13-8-9-17(27-3)15(10-13)23-20(25)19(24)22-12-21(2,26)18-11-14-6-4-5-7-16(14)28-18/h4-11,26H,12H2,1-3H3,(H,22,24)(H,23,25). The van der Waals surface area contributed by atoms with Gasteiger partial charge in [0.15, 0.2) is 0 Å². The van der Waals surface area contributed by atoms with Crippen molar-refractivity contribution in [2.45, 2.75) is 19.4 Å². The summed E-state index contributed by atoms with van der Waals surface area (Å²) in [6, 6.07) is 14.3. The van der Waals surface area contributed by atoms with Crippen LogP contribution < -0.4 is 15.4 Å². The van der Waals surface area contributed by atoms with Crippen LogP contribution in [0.15, 0.2) is 52.9 Å². The summed E-state index contributed by atoms with van der Waals surface area (Å²) in [5.74, 6) is -0.986. The van der Waals surface area contributed by atoms with Crippen molar-refractivity contribution in [3.8, 4) is 5.75 Å². The van der Waals surface area contributed by atoms with Crippen LogP contribution in [-0.2, 0) is 15.2 Å². The largest absolute Gasteiger partial charge is 0.495 e. The number of anilines is 1. The Hall–Kier alpha value is -3.32. The molecule has 3 rings (SSSR count). The number of amides is 2. The lowest BCUT2D eigenvalue weighted by molar-refractivity contribution is -0.136. The molecule has 7 nitrogen and oxygen atoms in total. The number of hydrogen-bond donors (Lipinski definition) is 3. The topological polar surface area (TPSA) is 101 Å². The molecule has 7 heteroatoms. The molecule has 1 unspecified atom stereocenters. The zero-order chi connectivity index (χ0) is 20.3. The highest BCUT2D eigenvalue weighted by Gasteiger charge is 2.29. The normalized spacial score (nSPS) is 13.0. The first-order valence-corrected chi connectivity index (χ1v) is 8.75. The van der Waals surface area contributed by atoms with Crippen molar-refractivity contribution in [2.75, 3.05) is 19.0 Å². The Bertz CT molecular complexity index is 990. The molecule has 0 saturated carbocycles. The zero-order valence-corrected chi connectivity index (χ0v) is 15.9. The second-order valence-electron chi connectivity index (χ2n) is 6.76. The van der Waals surface area contributed by atoms with Gasteiger partial charge in [-0.1, -0.05) is 24.3 Å². The number of furan rings is 1. The van der Waals surface area contributed by atoms with Gasteiger partial charge in [-0.25, -0.2) is 0 Å². The molecule has 28 heavy (non-hydrogen) atoms. The number of hydrogen-bond acceptors (Lipinski definition) is 5. The van der Waals surface area contributed by atoms with Crippen LogP contribution in [0.4, 0.5) is 5.69 Å². The quantitative estimate of drug-likeness (QED) is 0.589. The number of benzene rings is 2. The van der Waals surface area contributed by atoms with Crippen LogP contribution in [-0.4, -0.2) is 30.6 Å². The summed E-state index contributed by atoms with van der Waals surface area (Å²) in [6.07, 6.45) is 0. The molecule has 3 aromatic rings. The van der Waals surface area contributed by atoms with Crippen molar-refractivity contribution in [3.63, 3.8) is 0 Å². The number of ether oxygens (including phenoxy) is 1. The first-order chi connectivity index (χ1) is 13.3. The summed E-state index contributed by atoms with van der Waals surface area (Å²) in [5.41, 5.74) is 0.458. The Morgan fingerprint density at radius 2 is 1.89 bits per heavy atom. The molecule has 3 N–H and O–H groups in total. The molecule has 0 aliphatic rings. The molecule has 0 saturated heterocycles. The molecule has 146 valence electrons. The van der Waals surface area contributed by atoms with Crippen LogP contribution in [0.3, 0.4) is 0 Å². The molecule has 2 aromatic carbocycles. The highest BCUT2D eigenvalue weighted by atomic mass is 16.5. The summed E-state index contributed by atoms with van der Waals surface area (Å²) in [5, 5.41) is 16.5. The van der Waals surface area contributed by atoms with Crippen molar-refractivity contribution >= 4 is 28.5 Å². The van der Waals surface area contributed by atoms with E-state index in [0.29, 0.717) is 22.8 Å². The van der Waals surface area contributed by atoms with E-state index in [1.165, 1.54) is 14.0 Å². The lowest BCUT2D eigenvalue weighted by Gasteiger charge is -2.21. The van der Waals surface area contributed by atoms with Gasteiger partial charge in [0.1, 0.15) is 22.7 Å². The maximum absolute atomic E-state index is 12.2. The van der Waals surface area contributed by atoms with E-state index in [-0.39, 0.29) is 6.54 Å². The van der Waals surface area contributed by atoms with E-state index in [4.69, 9.17) is 9.15 Å². The van der Waals surface area contributed by atoms with Gasteiger partial charge in [0, 0.05) is 5.39 Å². The van der Waals surface area contributed by atoms with E-state index in [1.54, 1.807) is 24.3 Å². The SMILES string of the molecule is COc1ccc(C)cc1NC(=O)C(=O)NCC(C)(O)c1cc2ccccc2o1. The van der Waals surface area contributed by atoms with Crippen LogP contribution in [0.1, 0.15) is 18.2 Å². The first-order valence-electron chi connectivity index (χ1n) is 8.75. The molecule has 1 aromatic heterocycles. The number of aliphatic hydroxyl groups is 1. The Morgan fingerprint density at radius 1 is 1.14 bits per heavy atom. The number of carbonyl (C=O) groups excluding carboxylic acids is 2. The number of nitrogens with one attached hydrogen (secondary N) is 2. The third kappa shape index (κ3) is 4.15. The molecule has 2 amide bonds. The monoisotopic (exact) mass is 382 g/mol. The van der Waals surface area contributed by atoms with Crippen molar-refractivity contribution in [2.24, 2.45) is 0 Å². The van der Waals surface area contributed by atoms with Gasteiger partial charge in [0.05, 0.1) is 19.3 Å². The van der Waals surface area contributed by atoms with Crippen molar-refractivity contribution in [1.82, 2.24) is 5.32 Å². The second-order valence-corrected chi connectivity index (χ2v) is 6.76. The van der Waals surface area contributed by atoms with E-state index in [0.717, 1.165) is 10.9 Å². The average Bonchev–Trinajstić information content (AvgIpc) is 3.11. The maximum Gasteiger partial charge on any atom is 0.313 e. The third-order valence-corrected chi connectivity index (χ3v) is 4.36. The van der Waals surface area contributed by atoms with E-state index < -0.39 is 17.4 Å². The van der Waals surface area contributed by atoms with Crippen molar-refractivity contribution in [3.05, 3.63) is 59.9 Å². The third-order valence-electron chi connectivity index (χ3n) is 4.36. The fraction of sp³-hybridized carbons (Fsp3) is 0.238. The number of aryl methyl sites for hydroxylation is 1. The average molecular weight is 382 g/mol. The number of methoxy groups -OCH3 is 1. The predicted octanol–water partition coefficient (Wildman–Crippen LogP) is 2.71. The van der Waals surface area contributed by atoms with Gasteiger partial charge in [0.2, 0.25) is 0 Å². The lowest BCUT2D eigenvalue weighted by Crippen LogP contribution is -2.43. The molecule has 1 heterocycles. The summed E-state index contributed by atoms with van der Waals surface area (Å²) < 4.78 is 10.8. The molecule has 0 bridgehead atoms. The fourth-order valence-corrected chi connectivity index (χ4v) is 2.77. The zero-order valence-electron chi connectivity index (χ0n) is 15.9. The molecule has 1 atom stereocenters. The second kappa shape index (κ2) is 7.74. The Morgan fingerprint density at radius 3 is 2.61 bits per heavy atom. The van der Waals surface area contributed by atoms with Crippen molar-refractivity contribution in [1.29, 1.82) is 0 Å². The minimum atomic E-state index is -1.48. The molecule has 0 spiro atoms. The van der Waals surface area contributed by atoms with Gasteiger partial charge >= 0.3 is 11.8 Å². The van der Waals surface area contributed by atoms with Gasteiger partial charge < -0.3 is 24.9 Å². The summed E-state index contributed by atoms with van der Waals surface area (Å²) in [7, 11) is 1.48. The summed E-state index contributed by atoms with van der Waals surface area (Å²) >= 11 is 0. The van der Waals surface area contributed by atoms with Gasteiger partial charge in [-0.05, 0) is 43.7 Å². The highest BCUT2D eigenvalue weighted by Crippen LogP contribution is 2.28. The minimum Gasteiger partial charge on any atom is -0.495 e. The molecule has 0 aliphatic heterocycles. The molecular formula is C21H22N2O5. The molecule has 0 radical (unpaired) electrons. The summed E-state index contributed by atoms with van der Waals surface area (Å²) in [4.78, 5) is 24.4. The van der Waals surface area contributed by atoms with Crippen LogP contribution in [0.2, 0.25) is 0 Å². The molecule has 0 fully saturated rings. The Balaban J connectivity index is 1.65. The van der Waals surface area contributed by atoms with E-state index in [9.17, 15) is 14.7 Å². The number of rotatable bonds is 5. The maximum atomic E-state index is 12.2. The van der Waals surface area contributed by atoms with Crippen molar-refractivity contribution < 1.29 is 23.8 Å². The van der Waals surface area contributed by atoms with E-state index >= 15 is 0 Å². The number of fused-ring (bicyclic) bond motifs is 1. The fourth-order valence-electron chi connectivity index (χ4n) is 2.77. The van der Waals surface area contributed by atoms with Gasteiger partial charge in [-0.15, -0.1) is 0 Å². The van der Waals surface area contributed by atoms with Crippen LogP contribution in [0.25, 0.3) is 11.0 Å². The predicted molar refractivity (Wildman–Crippen MR) is 105 cm³/mol. The minimum absolute atomic E-state index is 0.190. The van der Waals surface area contributed by atoms with Crippen LogP contribution in [0.5, 0.6) is 5.75 Å². The number of para-hydroxylation sites is 1. The van der Waals surface area contributed by atoms with Gasteiger partial charge in [-0.3, -0.25) is 9.59 Å². The smallest absolute Gasteiger partial charge is 0.313 e. The van der Waals surface area contributed by atoms with Gasteiger partial charge in [0.25, 0.3) is 0 Å². The lowest BCUT2D eigenvalue weighted by atomic mass is 10.0.